The van der Waals surface area contributed by atoms with Gasteiger partial charge in [0.1, 0.15) is 31.6 Å². The molecule has 0 heterocycles. The second-order valence-corrected chi connectivity index (χ2v) is 7.30. The van der Waals surface area contributed by atoms with Crippen LogP contribution in [0.2, 0.25) is 20.1 Å². The minimum Gasteiger partial charge on any atom is -0.478 e. The number of carboxylic acids is 2. The summed E-state index contributed by atoms with van der Waals surface area (Å²) in [6.45, 7) is 0. The maximum absolute atomic E-state index is 11.1. The largest absolute Gasteiger partial charge is 0.478 e. The minimum atomic E-state index is -1.14. The first-order chi connectivity index (χ1) is 14.2. The van der Waals surface area contributed by atoms with Gasteiger partial charge in [0, 0.05) is 0 Å². The summed E-state index contributed by atoms with van der Waals surface area (Å²) in [4.78, 5) is 22.3. The molecule has 3 aromatic carbocycles. The Morgan fingerprint density at radius 3 is 1.27 bits per heavy atom. The Morgan fingerprint density at radius 2 is 0.967 bits per heavy atom. The molecule has 0 bridgehead atoms. The van der Waals surface area contributed by atoms with E-state index >= 15 is 0 Å². The molecule has 0 fully saturated rings. The molecule has 0 amide bonds. The number of ether oxygens (including phenoxy) is 2. The second kappa shape index (κ2) is 9.02. The molecule has 0 spiro atoms. The van der Waals surface area contributed by atoms with Crippen LogP contribution < -0.4 is 9.47 Å². The first kappa shape index (κ1) is 22.1. The number of hydrogen-bond acceptors (Lipinski definition) is 4. The monoisotopic (exact) mass is 486 g/mol. The Labute approximate surface area is 190 Å². The summed E-state index contributed by atoms with van der Waals surface area (Å²) in [5.41, 5.74) is -0.00888. The lowest BCUT2D eigenvalue weighted by Gasteiger charge is -2.17. The molecule has 0 atom stereocenters. The third-order valence-corrected chi connectivity index (χ3v) is 5.42. The maximum atomic E-state index is 11.1. The van der Waals surface area contributed by atoms with Crippen molar-refractivity contribution in [1.29, 1.82) is 0 Å². The van der Waals surface area contributed by atoms with E-state index < -0.39 is 11.9 Å². The summed E-state index contributed by atoms with van der Waals surface area (Å²) in [6, 6.07) is 11.3. The van der Waals surface area contributed by atoms with Gasteiger partial charge in [0.05, 0.1) is 11.1 Å². The highest BCUT2D eigenvalue weighted by Gasteiger charge is 2.24. The van der Waals surface area contributed by atoms with E-state index in [2.05, 4.69) is 0 Å². The summed E-state index contributed by atoms with van der Waals surface area (Å²) in [5.74, 6) is -2.17. The summed E-state index contributed by atoms with van der Waals surface area (Å²) >= 11 is 25.1. The molecular formula is C20H10Cl4O6. The van der Waals surface area contributed by atoms with E-state index in [-0.39, 0.29) is 54.2 Å². The van der Waals surface area contributed by atoms with Crippen LogP contribution in [0.5, 0.6) is 23.0 Å². The van der Waals surface area contributed by atoms with E-state index in [1.54, 1.807) is 0 Å². The van der Waals surface area contributed by atoms with Gasteiger partial charge in [-0.3, -0.25) is 0 Å². The Bertz CT molecular complexity index is 1040. The summed E-state index contributed by atoms with van der Waals surface area (Å²) < 4.78 is 11.2. The van der Waals surface area contributed by atoms with Gasteiger partial charge in [0.25, 0.3) is 0 Å². The molecule has 0 aliphatic rings. The Hall–Kier alpha value is -2.64. The van der Waals surface area contributed by atoms with Crippen LogP contribution in [0.15, 0.2) is 48.5 Å². The molecular weight excluding hydrogens is 478 g/mol. The fourth-order valence-corrected chi connectivity index (χ4v) is 3.36. The van der Waals surface area contributed by atoms with Gasteiger partial charge < -0.3 is 19.7 Å². The van der Waals surface area contributed by atoms with Crippen LogP contribution in [-0.2, 0) is 0 Å². The van der Waals surface area contributed by atoms with Crippen LogP contribution in [0.1, 0.15) is 20.7 Å². The molecule has 0 saturated heterocycles. The average Bonchev–Trinajstić information content (AvgIpc) is 2.73. The topological polar surface area (TPSA) is 93.1 Å². The number of rotatable bonds is 6. The molecule has 0 unspecified atom stereocenters. The van der Waals surface area contributed by atoms with Crippen molar-refractivity contribution < 1.29 is 29.3 Å². The van der Waals surface area contributed by atoms with Gasteiger partial charge in [-0.25, -0.2) is 9.59 Å². The van der Waals surface area contributed by atoms with Gasteiger partial charge in [0.15, 0.2) is 11.5 Å². The van der Waals surface area contributed by atoms with Gasteiger partial charge >= 0.3 is 11.9 Å². The van der Waals surface area contributed by atoms with E-state index in [1.165, 1.54) is 48.5 Å². The lowest BCUT2D eigenvalue weighted by molar-refractivity contribution is 0.0686. The van der Waals surface area contributed by atoms with Gasteiger partial charge in [-0.15, -0.1) is 0 Å². The normalized spacial score (nSPS) is 10.5. The second-order valence-electron chi connectivity index (χ2n) is 5.78. The molecule has 30 heavy (non-hydrogen) atoms. The van der Waals surface area contributed by atoms with Crippen molar-refractivity contribution in [1.82, 2.24) is 0 Å². The smallest absolute Gasteiger partial charge is 0.335 e. The number of halogens is 4. The van der Waals surface area contributed by atoms with Crippen molar-refractivity contribution in [3.63, 3.8) is 0 Å². The molecule has 10 heteroatoms. The molecule has 154 valence electrons. The van der Waals surface area contributed by atoms with Gasteiger partial charge in [-0.05, 0) is 36.4 Å². The van der Waals surface area contributed by atoms with Crippen LogP contribution in [0.3, 0.4) is 0 Å². The number of benzene rings is 3. The van der Waals surface area contributed by atoms with E-state index in [1.807, 2.05) is 0 Å². The zero-order valence-corrected chi connectivity index (χ0v) is 17.7. The van der Waals surface area contributed by atoms with E-state index in [0.717, 1.165) is 0 Å². The highest BCUT2D eigenvalue weighted by Crippen LogP contribution is 2.52. The molecule has 0 aliphatic heterocycles. The van der Waals surface area contributed by atoms with Crippen molar-refractivity contribution in [2.24, 2.45) is 0 Å². The average molecular weight is 488 g/mol. The van der Waals surface area contributed by atoms with E-state index in [4.69, 9.17) is 66.1 Å². The zero-order valence-electron chi connectivity index (χ0n) is 14.7. The van der Waals surface area contributed by atoms with Gasteiger partial charge in [-0.1, -0.05) is 58.5 Å². The number of carbonyl (C=O) groups is 2. The van der Waals surface area contributed by atoms with Crippen LogP contribution in [-0.4, -0.2) is 22.2 Å². The minimum absolute atomic E-state index is 0.00444. The molecule has 3 rings (SSSR count). The number of carboxylic acid groups (broad SMARTS) is 2. The maximum Gasteiger partial charge on any atom is 0.335 e. The van der Waals surface area contributed by atoms with E-state index in [9.17, 15) is 9.59 Å². The van der Waals surface area contributed by atoms with Crippen LogP contribution in [0.25, 0.3) is 0 Å². The standard InChI is InChI=1S/C20H10Cl4O6/c21-13-15(23)18(30-12-6-2-4-10(8-12)20(27)28)16(24)14(22)17(13)29-11-5-1-3-9(7-11)19(25)26/h1-8H,(H,25,26)(H,27,28). The molecule has 3 aromatic rings. The first-order valence-electron chi connectivity index (χ1n) is 8.07. The SMILES string of the molecule is O=C(O)c1cccc(Oc2c(Cl)c(Cl)c(Oc3cccc(C(=O)O)c3)c(Cl)c2Cl)c1. The number of aromatic carboxylic acids is 2. The lowest BCUT2D eigenvalue weighted by atomic mass is 10.2. The highest BCUT2D eigenvalue weighted by atomic mass is 35.5. The molecule has 6 nitrogen and oxygen atoms in total. The summed E-state index contributed by atoms with van der Waals surface area (Å²) in [6.07, 6.45) is 0. The van der Waals surface area contributed by atoms with Gasteiger partial charge in [-0.2, -0.15) is 0 Å². The van der Waals surface area contributed by atoms with Crippen molar-refractivity contribution in [3.8, 4) is 23.0 Å². The van der Waals surface area contributed by atoms with Gasteiger partial charge in [0.2, 0.25) is 0 Å². The lowest BCUT2D eigenvalue weighted by Crippen LogP contribution is -1.98. The van der Waals surface area contributed by atoms with Crippen molar-refractivity contribution in [2.75, 3.05) is 0 Å². The third-order valence-electron chi connectivity index (χ3n) is 3.78. The molecule has 0 saturated carbocycles. The van der Waals surface area contributed by atoms with E-state index in [0.29, 0.717) is 0 Å². The first-order valence-corrected chi connectivity index (χ1v) is 9.58. The molecule has 0 aromatic heterocycles. The zero-order chi connectivity index (χ0) is 22.0. The van der Waals surface area contributed by atoms with Crippen LogP contribution in [0.4, 0.5) is 0 Å². The quantitative estimate of drug-likeness (QED) is 0.355. The summed E-state index contributed by atoms with van der Waals surface area (Å²) in [7, 11) is 0. The van der Waals surface area contributed by atoms with Crippen molar-refractivity contribution in [2.45, 2.75) is 0 Å². The molecule has 0 radical (unpaired) electrons. The third kappa shape index (κ3) is 4.57. The van der Waals surface area contributed by atoms with Crippen molar-refractivity contribution >= 4 is 58.3 Å². The predicted octanol–water partition coefficient (Wildman–Crippen LogP) is 7.28. The molecule has 2 N–H and O–H groups in total. The Balaban J connectivity index is 2.00. The highest BCUT2D eigenvalue weighted by molar-refractivity contribution is 6.50. The van der Waals surface area contributed by atoms with Crippen LogP contribution >= 0.6 is 46.4 Å². The predicted molar refractivity (Wildman–Crippen MR) is 113 cm³/mol. The Kier molecular flexibility index (Phi) is 6.63. The fraction of sp³-hybridized carbons (Fsp3) is 0. The van der Waals surface area contributed by atoms with Crippen LogP contribution in [0, 0.1) is 0 Å². The van der Waals surface area contributed by atoms with Crippen molar-refractivity contribution in [3.05, 3.63) is 79.7 Å². The fourth-order valence-electron chi connectivity index (χ4n) is 2.39. The molecule has 0 aliphatic carbocycles. The summed E-state index contributed by atoms with van der Waals surface area (Å²) in [5, 5.41) is 17.7. The number of hydrogen-bond donors (Lipinski definition) is 2. The Morgan fingerprint density at radius 1 is 0.633 bits per heavy atom.